The number of carbonyl (C=O) groups is 1. The quantitative estimate of drug-likeness (QED) is 0.661. The molecule has 2 aromatic rings. The van der Waals surface area contributed by atoms with Crippen LogP contribution in [0.2, 0.25) is 0 Å². The largest absolute Gasteiger partial charge is 0.416 e. The van der Waals surface area contributed by atoms with Gasteiger partial charge >= 0.3 is 6.18 Å². The summed E-state index contributed by atoms with van der Waals surface area (Å²) in [5, 5.41) is 0. The molecule has 0 unspecified atom stereocenters. The molecule has 0 bridgehead atoms. The van der Waals surface area contributed by atoms with Crippen molar-refractivity contribution in [1.82, 2.24) is 13.8 Å². The highest BCUT2D eigenvalue weighted by Gasteiger charge is 2.32. The summed E-state index contributed by atoms with van der Waals surface area (Å²) in [5.74, 6) is -0.315. The SMILES string of the molecule is Cn1cc(S(=O)(=O)N2CCOCC2)cc1C(=O)N1CCN(c2cccc(C(F)(F)F)c2)CC1. The van der Waals surface area contributed by atoms with Crippen LogP contribution in [0.25, 0.3) is 0 Å². The predicted octanol–water partition coefficient (Wildman–Crippen LogP) is 2.03. The minimum atomic E-state index is -4.42. The Morgan fingerprint density at radius 1 is 1.00 bits per heavy atom. The number of morpholine rings is 1. The molecule has 0 radical (unpaired) electrons. The average molecular weight is 487 g/mol. The van der Waals surface area contributed by atoms with E-state index in [0.717, 1.165) is 12.1 Å². The van der Waals surface area contributed by atoms with E-state index in [-0.39, 0.29) is 29.6 Å². The van der Waals surface area contributed by atoms with E-state index in [9.17, 15) is 26.4 Å². The Labute approximate surface area is 190 Å². The predicted molar refractivity (Wildman–Crippen MR) is 115 cm³/mol. The van der Waals surface area contributed by atoms with Gasteiger partial charge in [-0.1, -0.05) is 6.07 Å². The molecule has 0 aliphatic carbocycles. The van der Waals surface area contributed by atoms with Crippen LogP contribution < -0.4 is 4.90 Å². The third-order valence-electron chi connectivity index (χ3n) is 5.91. The first-order valence-electron chi connectivity index (χ1n) is 10.5. The van der Waals surface area contributed by atoms with Crippen LogP contribution >= 0.6 is 0 Å². The van der Waals surface area contributed by atoms with Gasteiger partial charge in [0.15, 0.2) is 0 Å². The van der Waals surface area contributed by atoms with Crippen LogP contribution in [0.4, 0.5) is 18.9 Å². The van der Waals surface area contributed by atoms with Gasteiger partial charge < -0.3 is 19.1 Å². The van der Waals surface area contributed by atoms with Gasteiger partial charge in [-0.3, -0.25) is 4.79 Å². The lowest BCUT2D eigenvalue weighted by molar-refractivity contribution is -0.137. The highest BCUT2D eigenvalue weighted by atomic mass is 32.2. The number of amides is 1. The second-order valence-corrected chi connectivity index (χ2v) is 9.95. The molecule has 2 saturated heterocycles. The maximum absolute atomic E-state index is 13.1. The van der Waals surface area contributed by atoms with Gasteiger partial charge in [0.25, 0.3) is 5.91 Å². The number of ether oxygens (including phenoxy) is 1. The third-order valence-corrected chi connectivity index (χ3v) is 7.78. The molecule has 180 valence electrons. The normalized spacial score (nSPS) is 18.5. The summed E-state index contributed by atoms with van der Waals surface area (Å²) in [7, 11) is -2.11. The van der Waals surface area contributed by atoms with Crippen LogP contribution in [0, 0.1) is 0 Å². The van der Waals surface area contributed by atoms with Crippen LogP contribution in [0.1, 0.15) is 16.1 Å². The molecule has 3 heterocycles. The van der Waals surface area contributed by atoms with Crippen molar-refractivity contribution in [3.8, 4) is 0 Å². The molecule has 4 rings (SSSR count). The van der Waals surface area contributed by atoms with Crippen molar-refractivity contribution >= 4 is 21.6 Å². The molecule has 0 atom stereocenters. The zero-order valence-corrected chi connectivity index (χ0v) is 18.9. The van der Waals surface area contributed by atoms with Gasteiger partial charge in [-0.2, -0.15) is 17.5 Å². The van der Waals surface area contributed by atoms with E-state index in [1.165, 1.54) is 27.2 Å². The number of halogens is 3. The first-order chi connectivity index (χ1) is 15.6. The number of hydrogen-bond donors (Lipinski definition) is 0. The van der Waals surface area contributed by atoms with Crippen molar-refractivity contribution in [3.05, 3.63) is 47.8 Å². The van der Waals surface area contributed by atoms with E-state index in [4.69, 9.17) is 4.74 Å². The number of hydrogen-bond acceptors (Lipinski definition) is 5. The van der Waals surface area contributed by atoms with Gasteiger partial charge in [-0.15, -0.1) is 0 Å². The molecule has 12 heteroatoms. The van der Waals surface area contributed by atoms with Crippen LogP contribution in [-0.4, -0.2) is 80.6 Å². The Hall–Kier alpha value is -2.57. The summed E-state index contributed by atoms with van der Waals surface area (Å²) >= 11 is 0. The number of aromatic nitrogens is 1. The van der Waals surface area contributed by atoms with Crippen molar-refractivity contribution < 1.29 is 31.1 Å². The Bertz CT molecular complexity index is 1120. The van der Waals surface area contributed by atoms with E-state index >= 15 is 0 Å². The van der Waals surface area contributed by atoms with Crippen molar-refractivity contribution in [2.24, 2.45) is 7.05 Å². The minimum Gasteiger partial charge on any atom is -0.379 e. The molecule has 1 amide bonds. The number of alkyl halides is 3. The highest BCUT2D eigenvalue weighted by Crippen LogP contribution is 2.32. The Kier molecular flexibility index (Phi) is 6.43. The Morgan fingerprint density at radius 3 is 2.30 bits per heavy atom. The third kappa shape index (κ3) is 4.87. The zero-order chi connectivity index (χ0) is 23.8. The van der Waals surface area contributed by atoms with Gasteiger partial charge in [0, 0.05) is 58.2 Å². The van der Waals surface area contributed by atoms with Crippen LogP contribution in [-0.2, 0) is 28.0 Å². The number of nitrogens with zero attached hydrogens (tertiary/aromatic N) is 4. The molecular weight excluding hydrogens is 461 g/mol. The molecule has 1 aromatic carbocycles. The van der Waals surface area contributed by atoms with E-state index in [0.29, 0.717) is 45.1 Å². The van der Waals surface area contributed by atoms with Crippen LogP contribution in [0.15, 0.2) is 41.4 Å². The number of sulfonamides is 1. The zero-order valence-electron chi connectivity index (χ0n) is 18.1. The smallest absolute Gasteiger partial charge is 0.379 e. The van der Waals surface area contributed by atoms with Crippen LogP contribution in [0.5, 0.6) is 0 Å². The van der Waals surface area contributed by atoms with Gasteiger partial charge in [-0.25, -0.2) is 8.42 Å². The Balaban J connectivity index is 1.44. The maximum atomic E-state index is 13.1. The number of benzene rings is 1. The van der Waals surface area contributed by atoms with Crippen molar-refractivity contribution in [2.45, 2.75) is 11.1 Å². The summed E-state index contributed by atoms with van der Waals surface area (Å²) < 4.78 is 72.9. The molecule has 2 aliphatic rings. The average Bonchev–Trinajstić information content (AvgIpc) is 3.21. The fourth-order valence-corrected chi connectivity index (χ4v) is 5.51. The highest BCUT2D eigenvalue weighted by molar-refractivity contribution is 7.89. The van der Waals surface area contributed by atoms with E-state index < -0.39 is 21.8 Å². The molecule has 0 spiro atoms. The molecule has 33 heavy (non-hydrogen) atoms. The van der Waals surface area contributed by atoms with Crippen molar-refractivity contribution in [2.75, 3.05) is 57.4 Å². The summed E-state index contributed by atoms with van der Waals surface area (Å²) in [6.45, 7) is 2.54. The van der Waals surface area contributed by atoms with E-state index in [1.807, 2.05) is 0 Å². The molecule has 1 aromatic heterocycles. The number of aryl methyl sites for hydroxylation is 1. The van der Waals surface area contributed by atoms with Crippen molar-refractivity contribution in [3.63, 3.8) is 0 Å². The second kappa shape index (κ2) is 8.99. The lowest BCUT2D eigenvalue weighted by Crippen LogP contribution is -2.49. The Morgan fingerprint density at radius 2 is 1.67 bits per heavy atom. The topological polar surface area (TPSA) is 75.1 Å². The standard InChI is InChI=1S/C21H25F3N4O4S/c1-25-15-18(33(30,31)28-9-11-32-12-10-28)14-19(25)20(29)27-7-5-26(6-8-27)17-4-2-3-16(13-17)21(22,23)24/h2-4,13-15H,5-12H2,1H3. The molecule has 8 nitrogen and oxygen atoms in total. The first kappa shape index (κ1) is 23.6. The van der Waals surface area contributed by atoms with E-state index in [2.05, 4.69) is 0 Å². The molecule has 2 aliphatic heterocycles. The van der Waals surface area contributed by atoms with E-state index in [1.54, 1.807) is 22.9 Å². The summed E-state index contributed by atoms with van der Waals surface area (Å²) in [5.41, 5.74) is -0.0136. The maximum Gasteiger partial charge on any atom is 0.416 e. The summed E-state index contributed by atoms with van der Waals surface area (Å²) in [6, 6.07) is 6.51. The molecule has 0 saturated carbocycles. The van der Waals surface area contributed by atoms with Crippen LogP contribution in [0.3, 0.4) is 0 Å². The van der Waals surface area contributed by atoms with Gasteiger partial charge in [0.2, 0.25) is 10.0 Å². The number of piperazine rings is 1. The monoisotopic (exact) mass is 486 g/mol. The second-order valence-electron chi connectivity index (χ2n) is 8.02. The number of carbonyl (C=O) groups excluding carboxylic acids is 1. The van der Waals surface area contributed by atoms with Gasteiger partial charge in [0.1, 0.15) is 10.6 Å². The molecular formula is C21H25F3N4O4S. The lowest BCUT2D eigenvalue weighted by atomic mass is 10.1. The summed E-state index contributed by atoms with van der Waals surface area (Å²) in [6.07, 6.45) is -2.99. The minimum absolute atomic E-state index is 0.0536. The fourth-order valence-electron chi connectivity index (χ4n) is 4.03. The molecule has 2 fully saturated rings. The number of rotatable bonds is 4. The summed E-state index contributed by atoms with van der Waals surface area (Å²) in [4.78, 5) is 16.5. The van der Waals surface area contributed by atoms with Gasteiger partial charge in [0.05, 0.1) is 18.8 Å². The fraction of sp³-hybridized carbons (Fsp3) is 0.476. The first-order valence-corrected chi connectivity index (χ1v) is 12.0. The number of anilines is 1. The van der Waals surface area contributed by atoms with Crippen molar-refractivity contribution in [1.29, 1.82) is 0 Å². The molecule has 0 N–H and O–H groups in total. The lowest BCUT2D eigenvalue weighted by Gasteiger charge is -2.36. The van der Waals surface area contributed by atoms with Gasteiger partial charge in [-0.05, 0) is 24.3 Å².